The van der Waals surface area contributed by atoms with Gasteiger partial charge < -0.3 is 15.0 Å². The van der Waals surface area contributed by atoms with Crippen LogP contribution in [-0.2, 0) is 14.8 Å². The van der Waals surface area contributed by atoms with Gasteiger partial charge in [-0.1, -0.05) is 0 Å². The van der Waals surface area contributed by atoms with Gasteiger partial charge in [0.15, 0.2) is 0 Å². The number of sulfonamides is 1. The molecule has 1 unspecified atom stereocenters. The van der Waals surface area contributed by atoms with Crippen LogP contribution in [0.2, 0.25) is 0 Å². The maximum atomic E-state index is 12.3. The van der Waals surface area contributed by atoms with Crippen molar-refractivity contribution in [3.05, 3.63) is 29.8 Å². The number of amides is 1. The summed E-state index contributed by atoms with van der Waals surface area (Å²) in [5.74, 6) is -0.182. The number of piperidine rings is 1. The molecule has 138 valence electrons. The fourth-order valence-corrected chi connectivity index (χ4v) is 3.92. The van der Waals surface area contributed by atoms with Crippen LogP contribution in [0.4, 0.5) is 0 Å². The van der Waals surface area contributed by atoms with Crippen LogP contribution < -0.4 is 10.5 Å². The number of hydrogen-bond donors (Lipinski definition) is 2. The first-order chi connectivity index (χ1) is 11.9. The zero-order valence-electron chi connectivity index (χ0n) is 14.2. The van der Waals surface area contributed by atoms with Crippen molar-refractivity contribution in [1.82, 2.24) is 10.2 Å². The number of primary sulfonamides is 1. The second kappa shape index (κ2) is 7.82. The topological polar surface area (TPSA) is 102 Å². The summed E-state index contributed by atoms with van der Waals surface area (Å²) in [5, 5.41) is 8.09. The van der Waals surface area contributed by atoms with E-state index in [-0.39, 0.29) is 16.8 Å². The lowest BCUT2D eigenvalue weighted by molar-refractivity contribution is 0.0613. The molecule has 0 radical (unpaired) electrons. The van der Waals surface area contributed by atoms with Crippen molar-refractivity contribution >= 4 is 15.9 Å². The van der Waals surface area contributed by atoms with E-state index in [9.17, 15) is 13.2 Å². The molecule has 1 atom stereocenters. The van der Waals surface area contributed by atoms with E-state index >= 15 is 0 Å². The summed E-state index contributed by atoms with van der Waals surface area (Å²) in [6, 6.07) is 5.83. The molecule has 1 amide bonds. The Hall–Kier alpha value is -1.48. The summed E-state index contributed by atoms with van der Waals surface area (Å²) >= 11 is 0. The Bertz CT molecular complexity index is 691. The number of nitrogens with two attached hydrogens (primary N) is 1. The minimum absolute atomic E-state index is 0.00601. The molecule has 1 aromatic carbocycles. The molecular weight excluding hydrogens is 342 g/mol. The summed E-state index contributed by atoms with van der Waals surface area (Å²) < 4.78 is 28.2. The van der Waals surface area contributed by atoms with Crippen molar-refractivity contribution in [1.29, 1.82) is 0 Å². The largest absolute Gasteiger partial charge is 0.377 e. The maximum absolute atomic E-state index is 12.3. The highest BCUT2D eigenvalue weighted by molar-refractivity contribution is 7.89. The van der Waals surface area contributed by atoms with Crippen LogP contribution in [0, 0.1) is 0 Å². The third kappa shape index (κ3) is 5.01. The number of hydrogen-bond acceptors (Lipinski definition) is 5. The summed E-state index contributed by atoms with van der Waals surface area (Å²) in [5.41, 5.74) is 0.439. The fourth-order valence-electron chi connectivity index (χ4n) is 3.40. The number of rotatable bonds is 5. The van der Waals surface area contributed by atoms with Crippen LogP contribution >= 0.6 is 0 Å². The maximum Gasteiger partial charge on any atom is 0.251 e. The summed E-state index contributed by atoms with van der Waals surface area (Å²) in [6.07, 6.45) is 4.48. The van der Waals surface area contributed by atoms with E-state index in [4.69, 9.17) is 9.88 Å². The van der Waals surface area contributed by atoms with Crippen LogP contribution in [0.5, 0.6) is 0 Å². The highest BCUT2D eigenvalue weighted by Crippen LogP contribution is 2.17. The standard InChI is InChI=1S/C17H25N3O4S/c18-25(22,23)16-5-3-13(4-6-16)17(21)19-14-7-9-20(10-8-14)12-15-2-1-11-24-15/h3-6,14-15H,1-2,7-12H2,(H,19,21)(H2,18,22,23). The summed E-state index contributed by atoms with van der Waals surface area (Å²) in [6.45, 7) is 3.77. The molecular formula is C17H25N3O4S. The lowest BCUT2D eigenvalue weighted by Gasteiger charge is -2.33. The van der Waals surface area contributed by atoms with Crippen LogP contribution in [0.1, 0.15) is 36.0 Å². The molecule has 2 heterocycles. The Kier molecular flexibility index (Phi) is 5.73. The molecule has 3 N–H and O–H groups in total. The molecule has 0 aliphatic carbocycles. The minimum atomic E-state index is -3.74. The molecule has 0 bridgehead atoms. The first kappa shape index (κ1) is 18.3. The average Bonchev–Trinajstić information content (AvgIpc) is 3.09. The number of nitrogens with one attached hydrogen (secondary N) is 1. The van der Waals surface area contributed by atoms with Crippen molar-refractivity contribution < 1.29 is 17.9 Å². The fraction of sp³-hybridized carbons (Fsp3) is 0.588. The molecule has 8 heteroatoms. The monoisotopic (exact) mass is 367 g/mol. The molecule has 0 spiro atoms. The Morgan fingerprint density at radius 2 is 1.88 bits per heavy atom. The second-order valence-electron chi connectivity index (χ2n) is 6.75. The zero-order valence-corrected chi connectivity index (χ0v) is 15.0. The average molecular weight is 367 g/mol. The van der Waals surface area contributed by atoms with Crippen molar-refractivity contribution in [2.24, 2.45) is 5.14 Å². The zero-order chi connectivity index (χ0) is 17.9. The number of nitrogens with zero attached hydrogens (tertiary/aromatic N) is 1. The molecule has 2 aliphatic heterocycles. The highest BCUT2D eigenvalue weighted by atomic mass is 32.2. The molecule has 7 nitrogen and oxygen atoms in total. The minimum Gasteiger partial charge on any atom is -0.377 e. The summed E-state index contributed by atoms with van der Waals surface area (Å²) in [7, 11) is -3.74. The molecule has 2 aliphatic rings. The normalized spacial score (nSPS) is 22.8. The first-order valence-electron chi connectivity index (χ1n) is 8.69. The van der Waals surface area contributed by atoms with Gasteiger partial charge >= 0.3 is 0 Å². The molecule has 0 saturated carbocycles. The molecule has 25 heavy (non-hydrogen) atoms. The van der Waals surface area contributed by atoms with Gasteiger partial charge in [0.1, 0.15) is 0 Å². The van der Waals surface area contributed by atoms with Gasteiger partial charge in [-0.05, 0) is 49.9 Å². The Balaban J connectivity index is 1.47. The lowest BCUT2D eigenvalue weighted by Crippen LogP contribution is -2.46. The number of carbonyl (C=O) groups excluding carboxylic acids is 1. The third-order valence-corrected chi connectivity index (χ3v) is 5.78. The molecule has 0 aromatic heterocycles. The predicted octanol–water partition coefficient (Wildman–Crippen LogP) is 0.707. The van der Waals surface area contributed by atoms with Gasteiger partial charge in [0.25, 0.3) is 5.91 Å². The van der Waals surface area contributed by atoms with Gasteiger partial charge in [0, 0.05) is 37.8 Å². The smallest absolute Gasteiger partial charge is 0.251 e. The van der Waals surface area contributed by atoms with E-state index in [2.05, 4.69) is 10.2 Å². The molecule has 2 saturated heterocycles. The Morgan fingerprint density at radius 1 is 1.20 bits per heavy atom. The van der Waals surface area contributed by atoms with Gasteiger partial charge in [-0.15, -0.1) is 0 Å². The van der Waals surface area contributed by atoms with E-state index in [1.807, 2.05) is 0 Å². The second-order valence-corrected chi connectivity index (χ2v) is 8.31. The van der Waals surface area contributed by atoms with Crippen LogP contribution in [0.3, 0.4) is 0 Å². The predicted molar refractivity (Wildman–Crippen MR) is 93.7 cm³/mol. The van der Waals surface area contributed by atoms with Crippen LogP contribution in [-0.4, -0.2) is 57.6 Å². The molecule has 3 rings (SSSR count). The number of benzene rings is 1. The molecule has 2 fully saturated rings. The van der Waals surface area contributed by atoms with Crippen LogP contribution in [0.15, 0.2) is 29.2 Å². The van der Waals surface area contributed by atoms with Crippen molar-refractivity contribution in [3.8, 4) is 0 Å². The van der Waals surface area contributed by atoms with Gasteiger partial charge in [-0.3, -0.25) is 4.79 Å². The SMILES string of the molecule is NS(=O)(=O)c1ccc(C(=O)NC2CCN(CC3CCCO3)CC2)cc1. The van der Waals surface area contributed by atoms with Gasteiger partial charge in [-0.25, -0.2) is 13.6 Å². The van der Waals surface area contributed by atoms with Crippen molar-refractivity contribution in [2.75, 3.05) is 26.2 Å². The third-order valence-electron chi connectivity index (χ3n) is 4.85. The Morgan fingerprint density at radius 3 is 2.44 bits per heavy atom. The van der Waals surface area contributed by atoms with E-state index in [0.717, 1.165) is 51.9 Å². The van der Waals surface area contributed by atoms with E-state index in [1.54, 1.807) is 0 Å². The van der Waals surface area contributed by atoms with Gasteiger partial charge in [0.05, 0.1) is 11.0 Å². The van der Waals surface area contributed by atoms with Crippen molar-refractivity contribution in [2.45, 2.75) is 42.7 Å². The van der Waals surface area contributed by atoms with E-state index < -0.39 is 10.0 Å². The van der Waals surface area contributed by atoms with E-state index in [0.29, 0.717) is 11.7 Å². The quantitative estimate of drug-likeness (QED) is 0.798. The lowest BCUT2D eigenvalue weighted by atomic mass is 10.0. The number of carbonyl (C=O) groups is 1. The van der Waals surface area contributed by atoms with Crippen molar-refractivity contribution in [3.63, 3.8) is 0 Å². The summed E-state index contributed by atoms with van der Waals surface area (Å²) in [4.78, 5) is 14.7. The highest BCUT2D eigenvalue weighted by Gasteiger charge is 2.25. The Labute approximate surface area is 148 Å². The first-order valence-corrected chi connectivity index (χ1v) is 10.2. The van der Waals surface area contributed by atoms with E-state index in [1.165, 1.54) is 24.3 Å². The number of ether oxygens (including phenoxy) is 1. The van der Waals surface area contributed by atoms with Gasteiger partial charge in [-0.2, -0.15) is 0 Å². The van der Waals surface area contributed by atoms with Crippen LogP contribution in [0.25, 0.3) is 0 Å². The number of likely N-dealkylation sites (tertiary alicyclic amines) is 1. The molecule has 1 aromatic rings. The van der Waals surface area contributed by atoms with Gasteiger partial charge in [0.2, 0.25) is 10.0 Å².